The normalized spacial score (nSPS) is 14.7. The van der Waals surface area contributed by atoms with E-state index in [1.807, 2.05) is 0 Å². The molecule has 2 heterocycles. The van der Waals surface area contributed by atoms with Crippen molar-refractivity contribution in [1.82, 2.24) is 15.0 Å². The van der Waals surface area contributed by atoms with Gasteiger partial charge in [0, 0.05) is 6.20 Å². The number of anilines is 1. The predicted molar refractivity (Wildman–Crippen MR) is 81.4 cm³/mol. The number of hydrogen-bond donors (Lipinski definition) is 2. The number of aliphatic hydroxyl groups is 1. The lowest BCUT2D eigenvalue weighted by molar-refractivity contribution is -0.190. The Kier molecular flexibility index (Phi) is 5.26. The van der Waals surface area contributed by atoms with Crippen LogP contribution in [0.3, 0.4) is 0 Å². The van der Waals surface area contributed by atoms with E-state index in [0.717, 1.165) is 0 Å². The van der Waals surface area contributed by atoms with E-state index in [2.05, 4.69) is 20.3 Å². The number of alkyl halides is 3. The fourth-order valence-electron chi connectivity index (χ4n) is 2.21. The van der Waals surface area contributed by atoms with Gasteiger partial charge in [0.2, 0.25) is 5.28 Å². The molecule has 0 saturated carbocycles. The third-order valence-corrected chi connectivity index (χ3v) is 3.72. The van der Waals surface area contributed by atoms with Crippen molar-refractivity contribution in [2.45, 2.75) is 37.9 Å². The minimum absolute atomic E-state index is 0.150. The first-order valence-electron chi connectivity index (χ1n) is 7.07. The number of nitrogens with one attached hydrogen (secondary N) is 1. The van der Waals surface area contributed by atoms with Crippen LogP contribution in [-0.2, 0) is 0 Å². The molecule has 0 aliphatic carbocycles. The standard InChI is InChI=1S/C14H16ClF3N4O/c1-2-3-6-13(8-23,14(16,17)18)22-11-10-9(5-4-7-19-10)20-12(15)21-11/h4-5,7,23H,2-3,6,8H2,1H3,(H,20,21,22). The SMILES string of the molecule is CCCCC(CO)(Nc1nc(Cl)nc2cccnc12)C(F)(F)F. The second-order valence-electron chi connectivity index (χ2n) is 5.18. The van der Waals surface area contributed by atoms with Crippen molar-refractivity contribution >= 4 is 28.5 Å². The summed E-state index contributed by atoms with van der Waals surface area (Å²) in [5.74, 6) is -0.150. The Bertz CT molecular complexity index is 683. The van der Waals surface area contributed by atoms with E-state index in [-0.39, 0.29) is 29.5 Å². The zero-order valence-corrected chi connectivity index (χ0v) is 13.1. The monoisotopic (exact) mass is 348 g/mol. The Morgan fingerprint density at radius 3 is 2.65 bits per heavy atom. The van der Waals surface area contributed by atoms with Crippen molar-refractivity contribution < 1.29 is 18.3 Å². The van der Waals surface area contributed by atoms with Gasteiger partial charge in [-0.25, -0.2) is 4.98 Å². The van der Waals surface area contributed by atoms with Crippen LogP contribution in [0.15, 0.2) is 18.3 Å². The van der Waals surface area contributed by atoms with Gasteiger partial charge in [0.15, 0.2) is 11.4 Å². The third-order valence-electron chi connectivity index (χ3n) is 3.55. The molecular formula is C14H16ClF3N4O. The van der Waals surface area contributed by atoms with Gasteiger partial charge in [-0.2, -0.15) is 18.2 Å². The first-order valence-corrected chi connectivity index (χ1v) is 7.45. The van der Waals surface area contributed by atoms with Gasteiger partial charge < -0.3 is 10.4 Å². The number of aliphatic hydroxyl groups excluding tert-OH is 1. The largest absolute Gasteiger partial charge is 0.413 e. The van der Waals surface area contributed by atoms with Crippen molar-refractivity contribution in [3.63, 3.8) is 0 Å². The summed E-state index contributed by atoms with van der Waals surface area (Å²) in [4.78, 5) is 11.8. The van der Waals surface area contributed by atoms with Crippen molar-refractivity contribution in [2.75, 3.05) is 11.9 Å². The summed E-state index contributed by atoms with van der Waals surface area (Å²) in [5, 5.41) is 11.6. The smallest absolute Gasteiger partial charge is 0.394 e. The second kappa shape index (κ2) is 6.84. The minimum atomic E-state index is -4.67. The number of aromatic nitrogens is 3. The van der Waals surface area contributed by atoms with Crippen LogP contribution in [0.4, 0.5) is 19.0 Å². The van der Waals surface area contributed by atoms with Gasteiger partial charge >= 0.3 is 6.18 Å². The van der Waals surface area contributed by atoms with Crippen LogP contribution in [0.5, 0.6) is 0 Å². The summed E-state index contributed by atoms with van der Waals surface area (Å²) >= 11 is 5.78. The van der Waals surface area contributed by atoms with E-state index < -0.39 is 18.3 Å². The molecule has 1 atom stereocenters. The Morgan fingerprint density at radius 2 is 2.04 bits per heavy atom. The van der Waals surface area contributed by atoms with E-state index >= 15 is 0 Å². The summed E-state index contributed by atoms with van der Waals surface area (Å²) in [6.07, 6.45) is -2.69. The lowest BCUT2D eigenvalue weighted by Gasteiger charge is -2.35. The van der Waals surface area contributed by atoms with Crippen molar-refractivity contribution in [3.05, 3.63) is 23.6 Å². The number of halogens is 4. The Labute approximate surface area is 135 Å². The summed E-state index contributed by atoms with van der Waals surface area (Å²) in [5.41, 5.74) is -2.03. The fraction of sp³-hybridized carbons (Fsp3) is 0.500. The minimum Gasteiger partial charge on any atom is -0.394 e. The molecule has 0 amide bonds. The molecule has 1 unspecified atom stereocenters. The number of nitrogens with zero attached hydrogens (tertiary/aromatic N) is 3. The van der Waals surface area contributed by atoms with Crippen LogP contribution in [-0.4, -0.2) is 38.4 Å². The maximum absolute atomic E-state index is 13.6. The summed E-state index contributed by atoms with van der Waals surface area (Å²) in [6.45, 7) is 0.656. The zero-order chi connectivity index (χ0) is 17.1. The highest BCUT2D eigenvalue weighted by atomic mass is 35.5. The first kappa shape index (κ1) is 17.7. The number of fused-ring (bicyclic) bond motifs is 1. The third kappa shape index (κ3) is 3.64. The quantitative estimate of drug-likeness (QED) is 0.781. The molecule has 2 aromatic rings. The van der Waals surface area contributed by atoms with E-state index in [0.29, 0.717) is 11.9 Å². The van der Waals surface area contributed by atoms with Crippen molar-refractivity contribution in [2.24, 2.45) is 0 Å². The van der Waals surface area contributed by atoms with E-state index in [9.17, 15) is 18.3 Å². The van der Waals surface area contributed by atoms with Crippen LogP contribution in [0, 0.1) is 0 Å². The van der Waals surface area contributed by atoms with Crippen LogP contribution < -0.4 is 5.32 Å². The lowest BCUT2D eigenvalue weighted by Crippen LogP contribution is -2.55. The average molecular weight is 349 g/mol. The van der Waals surface area contributed by atoms with E-state index in [4.69, 9.17) is 11.6 Å². The Morgan fingerprint density at radius 1 is 1.30 bits per heavy atom. The number of hydrogen-bond acceptors (Lipinski definition) is 5. The molecule has 0 spiro atoms. The average Bonchev–Trinajstić information content (AvgIpc) is 2.50. The summed E-state index contributed by atoms with van der Waals surface area (Å²) in [7, 11) is 0. The first-order chi connectivity index (χ1) is 10.8. The van der Waals surface area contributed by atoms with Gasteiger partial charge in [-0.05, 0) is 30.2 Å². The molecule has 9 heteroatoms. The molecule has 0 aromatic carbocycles. The second-order valence-corrected chi connectivity index (χ2v) is 5.52. The molecule has 0 aliphatic rings. The van der Waals surface area contributed by atoms with Crippen LogP contribution in [0.2, 0.25) is 5.28 Å². The highest BCUT2D eigenvalue weighted by Crippen LogP contribution is 2.38. The fourth-order valence-corrected chi connectivity index (χ4v) is 2.39. The summed E-state index contributed by atoms with van der Waals surface area (Å²) < 4.78 is 40.7. The van der Waals surface area contributed by atoms with Gasteiger partial charge in [0.25, 0.3) is 0 Å². The molecule has 23 heavy (non-hydrogen) atoms. The van der Waals surface area contributed by atoms with Crippen LogP contribution in [0.1, 0.15) is 26.2 Å². The van der Waals surface area contributed by atoms with Gasteiger partial charge in [0.1, 0.15) is 5.52 Å². The summed E-state index contributed by atoms with van der Waals surface area (Å²) in [6, 6.07) is 3.16. The van der Waals surface area contributed by atoms with Crippen molar-refractivity contribution in [3.8, 4) is 0 Å². The zero-order valence-electron chi connectivity index (χ0n) is 12.4. The number of pyridine rings is 1. The van der Waals surface area contributed by atoms with Crippen LogP contribution in [0.25, 0.3) is 11.0 Å². The topological polar surface area (TPSA) is 70.9 Å². The van der Waals surface area contributed by atoms with Gasteiger partial charge in [-0.15, -0.1) is 0 Å². The van der Waals surface area contributed by atoms with Gasteiger partial charge in [-0.1, -0.05) is 19.8 Å². The molecular weight excluding hydrogens is 333 g/mol. The molecule has 0 saturated heterocycles. The lowest BCUT2D eigenvalue weighted by atomic mass is 9.92. The van der Waals surface area contributed by atoms with Gasteiger partial charge in [0.05, 0.1) is 12.1 Å². The molecule has 126 valence electrons. The molecule has 5 nitrogen and oxygen atoms in total. The number of rotatable bonds is 6. The van der Waals surface area contributed by atoms with Gasteiger partial charge in [-0.3, -0.25) is 4.98 Å². The Balaban J connectivity index is 2.51. The molecule has 2 aromatic heterocycles. The van der Waals surface area contributed by atoms with E-state index in [1.54, 1.807) is 19.1 Å². The molecule has 0 aliphatic heterocycles. The predicted octanol–water partition coefficient (Wildman–Crippen LogP) is 3.57. The number of unbranched alkanes of at least 4 members (excludes halogenated alkanes) is 1. The maximum atomic E-state index is 13.6. The highest BCUT2D eigenvalue weighted by molar-refractivity contribution is 6.28. The van der Waals surface area contributed by atoms with Crippen molar-refractivity contribution in [1.29, 1.82) is 0 Å². The molecule has 0 radical (unpaired) electrons. The maximum Gasteiger partial charge on any atom is 0.413 e. The molecule has 2 N–H and O–H groups in total. The molecule has 0 bridgehead atoms. The highest BCUT2D eigenvalue weighted by Gasteiger charge is 2.54. The van der Waals surface area contributed by atoms with E-state index in [1.165, 1.54) is 6.20 Å². The van der Waals surface area contributed by atoms with Crippen LogP contribution >= 0.6 is 11.6 Å². The molecule has 2 rings (SSSR count). The Hall–Kier alpha value is -1.67. The molecule has 0 fully saturated rings.